The summed E-state index contributed by atoms with van der Waals surface area (Å²) >= 11 is 0. The van der Waals surface area contributed by atoms with E-state index in [0.717, 1.165) is 11.1 Å². The maximum atomic E-state index is 4.06. The van der Waals surface area contributed by atoms with Crippen LogP contribution in [0.15, 0.2) is 59.6 Å². The molecule has 0 saturated carbocycles. The van der Waals surface area contributed by atoms with E-state index < -0.39 is 0 Å². The van der Waals surface area contributed by atoms with Crippen molar-refractivity contribution in [3.63, 3.8) is 0 Å². The van der Waals surface area contributed by atoms with Crippen LogP contribution in [-0.4, -0.2) is 6.72 Å². The van der Waals surface area contributed by atoms with Gasteiger partial charge in [0.1, 0.15) is 0 Å². The number of aliphatic imine (C=N–C) groups is 1. The van der Waals surface area contributed by atoms with Crippen molar-refractivity contribution >= 4 is 33.9 Å². The Kier molecular flexibility index (Phi) is 1.97. The lowest BCUT2D eigenvalue weighted by Gasteiger charge is -2.05. The first kappa shape index (κ1) is 9.10. The minimum Gasteiger partial charge on any atom is -0.264 e. The summed E-state index contributed by atoms with van der Waals surface area (Å²) in [6, 6.07) is 18.8. The molecule has 0 unspecified atom stereocenters. The van der Waals surface area contributed by atoms with E-state index in [0.29, 0.717) is 0 Å². The highest BCUT2D eigenvalue weighted by atomic mass is 14.7. The van der Waals surface area contributed by atoms with Gasteiger partial charge in [0, 0.05) is 5.39 Å². The molecule has 0 amide bonds. The van der Waals surface area contributed by atoms with Crippen molar-refractivity contribution in [1.29, 1.82) is 0 Å². The first-order valence-electron chi connectivity index (χ1n) is 5.27. The van der Waals surface area contributed by atoms with Crippen molar-refractivity contribution < 1.29 is 0 Å². The number of rotatable bonds is 1. The standard InChI is InChI=1S/C15H11N/c1-16-15-8-4-7-13-12-6-3-2-5-11(12)9-10-14(13)15/h2-10H,1H2. The second kappa shape index (κ2) is 3.46. The Balaban J connectivity index is 2.57. The summed E-state index contributed by atoms with van der Waals surface area (Å²) in [7, 11) is 0. The van der Waals surface area contributed by atoms with Gasteiger partial charge in [-0.15, -0.1) is 0 Å². The molecule has 16 heavy (non-hydrogen) atoms. The van der Waals surface area contributed by atoms with Gasteiger partial charge in [0.15, 0.2) is 0 Å². The van der Waals surface area contributed by atoms with Gasteiger partial charge in [0.05, 0.1) is 5.69 Å². The molecule has 3 aromatic rings. The molecule has 1 nitrogen and oxygen atoms in total. The summed E-state index contributed by atoms with van der Waals surface area (Å²) in [6.07, 6.45) is 0. The molecule has 0 aliphatic heterocycles. The molecular weight excluding hydrogens is 194 g/mol. The zero-order valence-corrected chi connectivity index (χ0v) is 8.85. The Labute approximate surface area is 94.1 Å². The number of fused-ring (bicyclic) bond motifs is 3. The van der Waals surface area contributed by atoms with Crippen LogP contribution in [-0.2, 0) is 0 Å². The molecule has 0 fully saturated rings. The summed E-state index contributed by atoms with van der Waals surface area (Å²) in [5.74, 6) is 0. The molecule has 3 rings (SSSR count). The van der Waals surface area contributed by atoms with Crippen LogP contribution in [0.4, 0.5) is 5.69 Å². The smallest absolute Gasteiger partial charge is 0.0700 e. The predicted octanol–water partition coefficient (Wildman–Crippen LogP) is 4.33. The average Bonchev–Trinajstić information content (AvgIpc) is 2.37. The normalized spacial score (nSPS) is 10.8. The van der Waals surface area contributed by atoms with Gasteiger partial charge in [-0.05, 0) is 28.9 Å². The topological polar surface area (TPSA) is 12.4 Å². The molecule has 76 valence electrons. The molecule has 0 bridgehead atoms. The number of benzene rings is 3. The highest BCUT2D eigenvalue weighted by molar-refractivity contribution is 6.10. The monoisotopic (exact) mass is 205 g/mol. The van der Waals surface area contributed by atoms with Gasteiger partial charge in [0.2, 0.25) is 0 Å². The van der Waals surface area contributed by atoms with Gasteiger partial charge in [-0.1, -0.05) is 48.5 Å². The van der Waals surface area contributed by atoms with E-state index in [1.54, 1.807) is 0 Å². The summed E-state index contributed by atoms with van der Waals surface area (Å²) in [4.78, 5) is 4.06. The van der Waals surface area contributed by atoms with Crippen LogP contribution in [0.2, 0.25) is 0 Å². The summed E-state index contributed by atoms with van der Waals surface area (Å²) < 4.78 is 0. The number of nitrogens with zero attached hydrogens (tertiary/aromatic N) is 1. The van der Waals surface area contributed by atoms with E-state index >= 15 is 0 Å². The average molecular weight is 205 g/mol. The molecule has 1 heteroatoms. The van der Waals surface area contributed by atoms with Gasteiger partial charge in [-0.25, -0.2) is 0 Å². The van der Waals surface area contributed by atoms with Gasteiger partial charge in [-0.3, -0.25) is 4.99 Å². The quantitative estimate of drug-likeness (QED) is 0.414. The maximum Gasteiger partial charge on any atom is 0.0700 e. The third-order valence-electron chi connectivity index (χ3n) is 2.93. The minimum absolute atomic E-state index is 0.947. The summed E-state index contributed by atoms with van der Waals surface area (Å²) in [6.45, 7) is 3.61. The van der Waals surface area contributed by atoms with Crippen LogP contribution in [0.5, 0.6) is 0 Å². The van der Waals surface area contributed by atoms with Crippen LogP contribution in [0.1, 0.15) is 0 Å². The van der Waals surface area contributed by atoms with Gasteiger partial charge < -0.3 is 0 Å². The van der Waals surface area contributed by atoms with Gasteiger partial charge >= 0.3 is 0 Å². The second-order valence-electron chi connectivity index (χ2n) is 3.82. The van der Waals surface area contributed by atoms with E-state index in [-0.39, 0.29) is 0 Å². The minimum atomic E-state index is 0.947. The molecule has 0 N–H and O–H groups in total. The van der Waals surface area contributed by atoms with Crippen LogP contribution in [0.3, 0.4) is 0 Å². The van der Waals surface area contributed by atoms with Crippen molar-refractivity contribution in [2.75, 3.05) is 0 Å². The zero-order valence-electron chi connectivity index (χ0n) is 8.85. The van der Waals surface area contributed by atoms with Crippen molar-refractivity contribution in [3.8, 4) is 0 Å². The van der Waals surface area contributed by atoms with Gasteiger partial charge in [-0.2, -0.15) is 0 Å². The van der Waals surface area contributed by atoms with E-state index in [9.17, 15) is 0 Å². The first-order chi connectivity index (χ1) is 7.90. The Morgan fingerprint density at radius 2 is 1.50 bits per heavy atom. The van der Waals surface area contributed by atoms with Gasteiger partial charge in [0.25, 0.3) is 0 Å². The molecule has 3 aromatic carbocycles. The van der Waals surface area contributed by atoms with Crippen LogP contribution >= 0.6 is 0 Å². The summed E-state index contributed by atoms with van der Waals surface area (Å²) in [5, 5.41) is 4.93. The second-order valence-corrected chi connectivity index (χ2v) is 3.82. The fraction of sp³-hybridized carbons (Fsp3) is 0. The zero-order chi connectivity index (χ0) is 11.0. The Morgan fingerprint density at radius 3 is 2.38 bits per heavy atom. The van der Waals surface area contributed by atoms with E-state index in [1.807, 2.05) is 12.1 Å². The predicted molar refractivity (Wildman–Crippen MR) is 70.7 cm³/mol. The fourth-order valence-corrected chi connectivity index (χ4v) is 2.16. The van der Waals surface area contributed by atoms with Crippen LogP contribution in [0.25, 0.3) is 21.5 Å². The van der Waals surface area contributed by atoms with Crippen molar-refractivity contribution in [3.05, 3.63) is 54.6 Å². The third-order valence-corrected chi connectivity index (χ3v) is 2.93. The van der Waals surface area contributed by atoms with E-state index in [4.69, 9.17) is 0 Å². The van der Waals surface area contributed by atoms with Crippen molar-refractivity contribution in [1.82, 2.24) is 0 Å². The fourth-order valence-electron chi connectivity index (χ4n) is 2.16. The highest BCUT2D eigenvalue weighted by Crippen LogP contribution is 2.31. The lowest BCUT2D eigenvalue weighted by Crippen LogP contribution is -1.77. The Bertz CT molecular complexity index is 683. The molecule has 0 spiro atoms. The molecule has 0 aromatic heterocycles. The molecular formula is C15H11N. The SMILES string of the molecule is C=Nc1cccc2c1ccc1ccccc12. The third kappa shape index (κ3) is 1.22. The Morgan fingerprint density at radius 1 is 0.688 bits per heavy atom. The lowest BCUT2D eigenvalue weighted by molar-refractivity contribution is 1.61. The van der Waals surface area contributed by atoms with Crippen molar-refractivity contribution in [2.45, 2.75) is 0 Å². The Hall–Kier alpha value is -2.15. The first-order valence-corrected chi connectivity index (χ1v) is 5.27. The summed E-state index contributed by atoms with van der Waals surface area (Å²) in [5.41, 5.74) is 0.947. The lowest BCUT2D eigenvalue weighted by atomic mass is 10.0. The van der Waals surface area contributed by atoms with E-state index in [2.05, 4.69) is 54.2 Å². The highest BCUT2D eigenvalue weighted by Gasteiger charge is 2.02. The molecule has 0 aliphatic carbocycles. The van der Waals surface area contributed by atoms with Crippen LogP contribution < -0.4 is 0 Å². The molecule has 0 saturated heterocycles. The van der Waals surface area contributed by atoms with Crippen LogP contribution in [0, 0.1) is 0 Å². The van der Waals surface area contributed by atoms with E-state index in [1.165, 1.54) is 16.2 Å². The molecule has 0 radical (unpaired) electrons. The molecule has 0 heterocycles. The largest absolute Gasteiger partial charge is 0.264 e. The molecule has 0 aliphatic rings. The molecule has 0 atom stereocenters. The van der Waals surface area contributed by atoms with Crippen molar-refractivity contribution in [2.24, 2.45) is 4.99 Å². The number of hydrogen-bond donors (Lipinski definition) is 0. The number of hydrogen-bond acceptors (Lipinski definition) is 1. The maximum absolute atomic E-state index is 4.06.